The standard InChI is InChI=1S/C14H15FN4O/c1-3-12-10(6-8(2)18-19-12)14(20)17-13-5-4-9(15)7-11(13)16/h4-7H,3,16H2,1-2H3,(H,17,20). The van der Waals surface area contributed by atoms with Crippen LogP contribution >= 0.6 is 0 Å². The number of nitrogens with two attached hydrogens (primary N) is 1. The van der Waals surface area contributed by atoms with E-state index in [1.165, 1.54) is 12.1 Å². The number of amides is 1. The molecule has 2 aromatic rings. The zero-order chi connectivity index (χ0) is 14.7. The lowest BCUT2D eigenvalue weighted by molar-refractivity contribution is 0.102. The molecule has 0 bridgehead atoms. The number of aryl methyl sites for hydroxylation is 2. The van der Waals surface area contributed by atoms with Crippen LogP contribution in [0.3, 0.4) is 0 Å². The quantitative estimate of drug-likeness (QED) is 0.842. The molecule has 2 rings (SSSR count). The number of nitrogens with zero attached hydrogens (tertiary/aromatic N) is 2. The minimum Gasteiger partial charge on any atom is -0.397 e. The molecule has 1 aromatic heterocycles. The van der Waals surface area contributed by atoms with Gasteiger partial charge in [-0.25, -0.2) is 4.39 Å². The Labute approximate surface area is 116 Å². The molecule has 3 N–H and O–H groups in total. The molecular weight excluding hydrogens is 259 g/mol. The molecule has 104 valence electrons. The highest BCUT2D eigenvalue weighted by molar-refractivity contribution is 6.06. The van der Waals surface area contributed by atoms with E-state index >= 15 is 0 Å². The number of anilines is 2. The van der Waals surface area contributed by atoms with Crippen molar-refractivity contribution in [2.75, 3.05) is 11.1 Å². The van der Waals surface area contributed by atoms with Crippen LogP contribution in [-0.2, 0) is 6.42 Å². The molecule has 0 spiro atoms. The zero-order valence-corrected chi connectivity index (χ0v) is 11.3. The van der Waals surface area contributed by atoms with Gasteiger partial charge in [0.25, 0.3) is 5.91 Å². The van der Waals surface area contributed by atoms with Crippen LogP contribution in [0.15, 0.2) is 24.3 Å². The number of carbonyl (C=O) groups is 1. The maximum atomic E-state index is 13.0. The van der Waals surface area contributed by atoms with Crippen molar-refractivity contribution in [1.29, 1.82) is 0 Å². The highest BCUT2D eigenvalue weighted by Crippen LogP contribution is 2.20. The number of nitrogen functional groups attached to an aromatic ring is 1. The van der Waals surface area contributed by atoms with Crippen LogP contribution in [0.2, 0.25) is 0 Å². The number of hydrogen-bond acceptors (Lipinski definition) is 4. The summed E-state index contributed by atoms with van der Waals surface area (Å²) in [4.78, 5) is 12.3. The van der Waals surface area contributed by atoms with E-state index in [-0.39, 0.29) is 11.6 Å². The zero-order valence-electron chi connectivity index (χ0n) is 11.3. The van der Waals surface area contributed by atoms with Crippen LogP contribution in [0.25, 0.3) is 0 Å². The van der Waals surface area contributed by atoms with E-state index < -0.39 is 5.82 Å². The van der Waals surface area contributed by atoms with Gasteiger partial charge in [0, 0.05) is 0 Å². The molecule has 0 radical (unpaired) electrons. The Bertz CT molecular complexity index is 658. The first-order valence-corrected chi connectivity index (χ1v) is 6.21. The lowest BCUT2D eigenvalue weighted by Gasteiger charge is -2.10. The highest BCUT2D eigenvalue weighted by Gasteiger charge is 2.14. The maximum Gasteiger partial charge on any atom is 0.257 e. The van der Waals surface area contributed by atoms with Gasteiger partial charge in [0.05, 0.1) is 28.3 Å². The van der Waals surface area contributed by atoms with E-state index in [4.69, 9.17) is 5.73 Å². The number of nitrogens with one attached hydrogen (secondary N) is 1. The normalized spacial score (nSPS) is 10.3. The Hall–Kier alpha value is -2.50. The number of rotatable bonds is 3. The van der Waals surface area contributed by atoms with Gasteiger partial charge in [-0.15, -0.1) is 0 Å². The highest BCUT2D eigenvalue weighted by atomic mass is 19.1. The number of halogens is 1. The number of carbonyl (C=O) groups excluding carboxylic acids is 1. The molecule has 1 aromatic carbocycles. The average Bonchev–Trinajstić information content (AvgIpc) is 2.41. The van der Waals surface area contributed by atoms with Crippen LogP contribution in [0.4, 0.5) is 15.8 Å². The molecule has 0 unspecified atom stereocenters. The van der Waals surface area contributed by atoms with Crippen molar-refractivity contribution in [2.24, 2.45) is 0 Å². The van der Waals surface area contributed by atoms with Gasteiger partial charge in [0.1, 0.15) is 5.82 Å². The fourth-order valence-electron chi connectivity index (χ4n) is 1.81. The minimum absolute atomic E-state index is 0.176. The first kappa shape index (κ1) is 13.9. The summed E-state index contributed by atoms with van der Waals surface area (Å²) in [6, 6.07) is 5.49. The molecule has 5 nitrogen and oxygen atoms in total. The number of aromatic nitrogens is 2. The first-order chi connectivity index (χ1) is 9.51. The van der Waals surface area contributed by atoms with Gasteiger partial charge in [0.2, 0.25) is 0 Å². The summed E-state index contributed by atoms with van der Waals surface area (Å²) in [7, 11) is 0. The molecule has 0 saturated carbocycles. The van der Waals surface area contributed by atoms with Crippen LogP contribution in [-0.4, -0.2) is 16.1 Å². The minimum atomic E-state index is -0.448. The molecule has 0 aliphatic heterocycles. The molecule has 6 heteroatoms. The summed E-state index contributed by atoms with van der Waals surface area (Å²) < 4.78 is 13.0. The molecule has 0 saturated heterocycles. The maximum absolute atomic E-state index is 13.0. The molecule has 1 heterocycles. The monoisotopic (exact) mass is 274 g/mol. The second-order valence-corrected chi connectivity index (χ2v) is 4.39. The van der Waals surface area contributed by atoms with Crippen molar-refractivity contribution in [3.05, 3.63) is 47.0 Å². The van der Waals surface area contributed by atoms with E-state index in [0.717, 1.165) is 6.07 Å². The smallest absolute Gasteiger partial charge is 0.257 e. The number of benzene rings is 1. The topological polar surface area (TPSA) is 80.9 Å². The third-order valence-corrected chi connectivity index (χ3v) is 2.83. The lowest BCUT2D eigenvalue weighted by Crippen LogP contribution is -2.17. The Morgan fingerprint density at radius 3 is 2.75 bits per heavy atom. The second-order valence-electron chi connectivity index (χ2n) is 4.39. The molecule has 0 fully saturated rings. The van der Waals surface area contributed by atoms with Gasteiger partial charge in [-0.1, -0.05) is 6.92 Å². The van der Waals surface area contributed by atoms with Gasteiger partial charge in [-0.2, -0.15) is 10.2 Å². The lowest BCUT2D eigenvalue weighted by atomic mass is 10.1. The fourth-order valence-corrected chi connectivity index (χ4v) is 1.81. The summed E-state index contributed by atoms with van der Waals surface area (Å²) in [6.07, 6.45) is 0.592. The van der Waals surface area contributed by atoms with E-state index in [1.807, 2.05) is 6.92 Å². The van der Waals surface area contributed by atoms with Crippen molar-refractivity contribution in [2.45, 2.75) is 20.3 Å². The molecule has 20 heavy (non-hydrogen) atoms. The van der Waals surface area contributed by atoms with Gasteiger partial charge in [-0.3, -0.25) is 4.79 Å². The molecule has 0 atom stereocenters. The van der Waals surface area contributed by atoms with E-state index in [0.29, 0.717) is 29.1 Å². The van der Waals surface area contributed by atoms with Crippen molar-refractivity contribution in [3.63, 3.8) is 0 Å². The van der Waals surface area contributed by atoms with Crippen LogP contribution < -0.4 is 11.1 Å². The third-order valence-electron chi connectivity index (χ3n) is 2.83. The van der Waals surface area contributed by atoms with Crippen LogP contribution in [0, 0.1) is 12.7 Å². The predicted molar refractivity (Wildman–Crippen MR) is 74.9 cm³/mol. The van der Waals surface area contributed by atoms with Crippen LogP contribution in [0.5, 0.6) is 0 Å². The molecule has 0 aliphatic rings. The second kappa shape index (κ2) is 5.64. The molecule has 0 aliphatic carbocycles. The average molecular weight is 274 g/mol. The summed E-state index contributed by atoms with van der Waals surface area (Å²) in [5.74, 6) is -0.783. The fraction of sp³-hybridized carbons (Fsp3) is 0.214. The van der Waals surface area contributed by atoms with Gasteiger partial charge in [0.15, 0.2) is 0 Å². The summed E-state index contributed by atoms with van der Waals surface area (Å²) in [6.45, 7) is 3.65. The van der Waals surface area contributed by atoms with Crippen molar-refractivity contribution < 1.29 is 9.18 Å². The third kappa shape index (κ3) is 2.90. The Morgan fingerprint density at radius 2 is 2.10 bits per heavy atom. The molecular formula is C14H15FN4O. The number of hydrogen-bond donors (Lipinski definition) is 2. The van der Waals surface area contributed by atoms with Crippen molar-refractivity contribution >= 4 is 17.3 Å². The first-order valence-electron chi connectivity index (χ1n) is 6.21. The summed E-state index contributed by atoms with van der Waals surface area (Å²) >= 11 is 0. The Balaban J connectivity index is 2.30. The van der Waals surface area contributed by atoms with Crippen molar-refractivity contribution in [1.82, 2.24) is 10.2 Å². The van der Waals surface area contributed by atoms with Crippen LogP contribution in [0.1, 0.15) is 28.7 Å². The Kier molecular flexibility index (Phi) is 3.93. The van der Waals surface area contributed by atoms with E-state index in [2.05, 4.69) is 15.5 Å². The Morgan fingerprint density at radius 1 is 1.35 bits per heavy atom. The van der Waals surface area contributed by atoms with Gasteiger partial charge < -0.3 is 11.1 Å². The van der Waals surface area contributed by atoms with Gasteiger partial charge in [-0.05, 0) is 37.6 Å². The van der Waals surface area contributed by atoms with E-state index in [1.54, 1.807) is 13.0 Å². The largest absolute Gasteiger partial charge is 0.397 e. The summed E-state index contributed by atoms with van der Waals surface area (Å²) in [5.41, 5.74) is 7.92. The summed E-state index contributed by atoms with van der Waals surface area (Å²) in [5, 5.41) is 10.6. The molecule has 1 amide bonds. The van der Waals surface area contributed by atoms with E-state index in [9.17, 15) is 9.18 Å². The SMILES string of the molecule is CCc1nnc(C)cc1C(=O)Nc1ccc(F)cc1N. The van der Waals surface area contributed by atoms with Gasteiger partial charge >= 0.3 is 0 Å². The van der Waals surface area contributed by atoms with Crippen molar-refractivity contribution in [3.8, 4) is 0 Å². The predicted octanol–water partition coefficient (Wildman–Crippen LogP) is 2.32.